The fourth-order valence-electron chi connectivity index (χ4n) is 4.33. The SMILES string of the molecule is Cc1cc(/C=C2\SC(=O)N(CCOc3ccccc3)C2=O)c(C)n1-c1ccc(Oc2ccc(C#N)cc2)cc1. The number of thioether (sulfide) groups is 1. The molecule has 4 aromatic rings. The van der Waals surface area contributed by atoms with Gasteiger partial charge < -0.3 is 14.0 Å². The predicted octanol–water partition coefficient (Wildman–Crippen LogP) is 6.87. The van der Waals surface area contributed by atoms with E-state index in [0.717, 1.165) is 34.4 Å². The molecule has 1 aromatic heterocycles. The minimum absolute atomic E-state index is 0.187. The Bertz CT molecular complexity index is 1580. The second-order valence-electron chi connectivity index (χ2n) is 8.89. The van der Waals surface area contributed by atoms with E-state index < -0.39 is 0 Å². The molecule has 0 atom stereocenters. The summed E-state index contributed by atoms with van der Waals surface area (Å²) in [5.74, 6) is 1.71. The Morgan fingerprint density at radius 1 is 0.897 bits per heavy atom. The van der Waals surface area contributed by atoms with Crippen LogP contribution in [0.2, 0.25) is 0 Å². The predicted molar refractivity (Wildman–Crippen MR) is 151 cm³/mol. The number of rotatable bonds is 8. The molecule has 0 N–H and O–H groups in total. The first kappa shape index (κ1) is 25.9. The topological polar surface area (TPSA) is 84.6 Å². The minimum Gasteiger partial charge on any atom is -0.492 e. The van der Waals surface area contributed by atoms with Crippen molar-refractivity contribution in [3.8, 4) is 29.0 Å². The van der Waals surface area contributed by atoms with Gasteiger partial charge in [0, 0.05) is 17.1 Å². The lowest BCUT2D eigenvalue weighted by Gasteiger charge is -2.13. The number of benzene rings is 3. The summed E-state index contributed by atoms with van der Waals surface area (Å²) in [6.07, 6.45) is 1.78. The maximum absolute atomic E-state index is 13.0. The van der Waals surface area contributed by atoms with Crippen LogP contribution in [-0.2, 0) is 4.79 Å². The maximum Gasteiger partial charge on any atom is 0.293 e. The summed E-state index contributed by atoms with van der Waals surface area (Å²) >= 11 is 0.947. The van der Waals surface area contributed by atoms with Gasteiger partial charge in [0.2, 0.25) is 0 Å². The highest BCUT2D eigenvalue weighted by atomic mass is 32.2. The van der Waals surface area contributed by atoms with Gasteiger partial charge >= 0.3 is 0 Å². The van der Waals surface area contributed by atoms with Crippen LogP contribution >= 0.6 is 11.8 Å². The first-order valence-electron chi connectivity index (χ1n) is 12.3. The van der Waals surface area contributed by atoms with E-state index in [0.29, 0.717) is 27.7 Å². The second-order valence-corrected chi connectivity index (χ2v) is 9.88. The van der Waals surface area contributed by atoms with Gasteiger partial charge in [-0.3, -0.25) is 14.5 Å². The highest BCUT2D eigenvalue weighted by molar-refractivity contribution is 8.18. The molecule has 7 nitrogen and oxygen atoms in total. The minimum atomic E-state index is -0.309. The van der Waals surface area contributed by atoms with Crippen LogP contribution in [0, 0.1) is 25.2 Å². The van der Waals surface area contributed by atoms with E-state index in [1.807, 2.05) is 74.5 Å². The molecule has 2 heterocycles. The van der Waals surface area contributed by atoms with E-state index in [2.05, 4.69) is 10.6 Å². The number of aryl methyl sites for hydroxylation is 1. The molecule has 0 unspecified atom stereocenters. The molecule has 1 saturated heterocycles. The van der Waals surface area contributed by atoms with Crippen LogP contribution in [0.4, 0.5) is 4.79 Å². The molecule has 3 aromatic carbocycles. The second kappa shape index (κ2) is 11.3. The largest absolute Gasteiger partial charge is 0.492 e. The van der Waals surface area contributed by atoms with Gasteiger partial charge in [0.1, 0.15) is 23.9 Å². The van der Waals surface area contributed by atoms with Crippen molar-refractivity contribution < 1.29 is 19.1 Å². The van der Waals surface area contributed by atoms with Gasteiger partial charge in [0.25, 0.3) is 11.1 Å². The Hall–Kier alpha value is -4.74. The Kier molecular flexibility index (Phi) is 7.53. The van der Waals surface area contributed by atoms with E-state index in [9.17, 15) is 9.59 Å². The Labute approximate surface area is 230 Å². The van der Waals surface area contributed by atoms with E-state index in [4.69, 9.17) is 14.7 Å². The summed E-state index contributed by atoms with van der Waals surface area (Å²) in [7, 11) is 0. The van der Waals surface area contributed by atoms with E-state index in [1.165, 1.54) is 4.90 Å². The first-order valence-corrected chi connectivity index (χ1v) is 13.2. The molecule has 0 aliphatic carbocycles. The monoisotopic (exact) mass is 535 g/mol. The Balaban J connectivity index is 1.28. The number of imide groups is 1. The van der Waals surface area contributed by atoms with Gasteiger partial charge in [-0.2, -0.15) is 5.26 Å². The summed E-state index contributed by atoms with van der Waals surface area (Å²) in [5, 5.41) is 8.65. The third kappa shape index (κ3) is 5.74. The van der Waals surface area contributed by atoms with Gasteiger partial charge in [0.05, 0.1) is 23.1 Å². The van der Waals surface area contributed by atoms with Crippen LogP contribution in [0.25, 0.3) is 11.8 Å². The molecule has 0 bridgehead atoms. The number of aromatic nitrogens is 1. The molecule has 5 rings (SSSR count). The zero-order chi connectivity index (χ0) is 27.4. The standard InChI is InChI=1S/C31H25N3O4S/c1-21-18-24(19-29-30(35)33(31(36)39-29)16-17-37-26-6-4-3-5-7-26)22(2)34(21)25-10-14-28(15-11-25)38-27-12-8-23(20-32)9-13-27/h3-15,18-19H,16-17H2,1-2H3/b29-19-. The molecule has 1 aliphatic rings. The molecule has 1 fully saturated rings. The van der Waals surface area contributed by atoms with Crippen LogP contribution in [0.5, 0.6) is 17.2 Å². The van der Waals surface area contributed by atoms with Crippen molar-refractivity contribution in [2.75, 3.05) is 13.2 Å². The smallest absolute Gasteiger partial charge is 0.293 e. The summed E-state index contributed by atoms with van der Waals surface area (Å²) < 4.78 is 13.6. The van der Waals surface area contributed by atoms with Gasteiger partial charge in [-0.1, -0.05) is 18.2 Å². The van der Waals surface area contributed by atoms with Crippen molar-refractivity contribution in [3.63, 3.8) is 0 Å². The molecular weight excluding hydrogens is 510 g/mol. The normalized spacial score (nSPS) is 14.1. The lowest BCUT2D eigenvalue weighted by molar-refractivity contribution is -0.123. The van der Waals surface area contributed by atoms with Crippen molar-refractivity contribution in [1.29, 1.82) is 5.26 Å². The Morgan fingerprint density at radius 2 is 1.56 bits per heavy atom. The molecule has 2 amide bonds. The van der Waals surface area contributed by atoms with Crippen LogP contribution < -0.4 is 9.47 Å². The van der Waals surface area contributed by atoms with Crippen molar-refractivity contribution in [3.05, 3.63) is 112 Å². The fraction of sp³-hybridized carbons (Fsp3) is 0.129. The molecule has 8 heteroatoms. The van der Waals surface area contributed by atoms with Crippen molar-refractivity contribution in [2.24, 2.45) is 0 Å². The van der Waals surface area contributed by atoms with Crippen LogP contribution in [0.15, 0.2) is 89.8 Å². The third-order valence-corrected chi connectivity index (χ3v) is 7.18. The zero-order valence-electron chi connectivity index (χ0n) is 21.5. The summed E-state index contributed by atoms with van der Waals surface area (Å²) in [4.78, 5) is 27.1. The summed E-state index contributed by atoms with van der Waals surface area (Å²) in [5.41, 5.74) is 4.34. The number of nitrogens with zero attached hydrogens (tertiary/aromatic N) is 3. The average molecular weight is 536 g/mol. The highest BCUT2D eigenvalue weighted by Crippen LogP contribution is 2.34. The summed E-state index contributed by atoms with van der Waals surface area (Å²) in [6, 6.07) is 28.0. The number of carbonyl (C=O) groups excluding carboxylic acids is 2. The van der Waals surface area contributed by atoms with Crippen molar-refractivity contribution in [1.82, 2.24) is 9.47 Å². The van der Waals surface area contributed by atoms with Crippen molar-refractivity contribution >= 4 is 29.0 Å². The van der Waals surface area contributed by atoms with Crippen LogP contribution in [0.1, 0.15) is 22.5 Å². The zero-order valence-corrected chi connectivity index (χ0v) is 22.3. The maximum atomic E-state index is 13.0. The van der Waals surface area contributed by atoms with Gasteiger partial charge in [-0.25, -0.2) is 0 Å². The van der Waals surface area contributed by atoms with Crippen LogP contribution in [-0.4, -0.2) is 33.8 Å². The van der Waals surface area contributed by atoms with Crippen LogP contribution in [0.3, 0.4) is 0 Å². The van der Waals surface area contributed by atoms with Gasteiger partial charge in [0.15, 0.2) is 0 Å². The lowest BCUT2D eigenvalue weighted by atomic mass is 10.2. The molecule has 194 valence electrons. The number of amides is 2. The number of ether oxygens (including phenoxy) is 2. The van der Waals surface area contributed by atoms with E-state index in [-0.39, 0.29) is 24.3 Å². The number of hydrogen-bond acceptors (Lipinski definition) is 6. The van der Waals surface area contributed by atoms with E-state index in [1.54, 1.807) is 30.3 Å². The van der Waals surface area contributed by atoms with Gasteiger partial charge in [-0.05, 0) is 104 Å². The average Bonchev–Trinajstić information content (AvgIpc) is 3.38. The fourth-order valence-corrected chi connectivity index (χ4v) is 5.19. The lowest BCUT2D eigenvalue weighted by Crippen LogP contribution is -2.32. The number of para-hydroxylation sites is 1. The quantitative estimate of drug-likeness (QED) is 0.229. The molecule has 39 heavy (non-hydrogen) atoms. The number of nitriles is 1. The molecule has 0 radical (unpaired) electrons. The number of hydrogen-bond donors (Lipinski definition) is 0. The van der Waals surface area contributed by atoms with Gasteiger partial charge in [-0.15, -0.1) is 0 Å². The molecular formula is C31H25N3O4S. The first-order chi connectivity index (χ1) is 18.9. The van der Waals surface area contributed by atoms with Crippen molar-refractivity contribution in [2.45, 2.75) is 13.8 Å². The highest BCUT2D eigenvalue weighted by Gasteiger charge is 2.35. The van der Waals surface area contributed by atoms with E-state index >= 15 is 0 Å². The Morgan fingerprint density at radius 3 is 2.23 bits per heavy atom. The molecule has 1 aliphatic heterocycles. The third-order valence-electron chi connectivity index (χ3n) is 6.27. The molecule has 0 spiro atoms. The summed E-state index contributed by atoms with van der Waals surface area (Å²) in [6.45, 7) is 4.40. The molecule has 0 saturated carbocycles. The number of carbonyl (C=O) groups is 2.